The summed E-state index contributed by atoms with van der Waals surface area (Å²) in [5, 5.41) is 34.9. The van der Waals surface area contributed by atoms with Crippen LogP contribution in [0.25, 0.3) is 0 Å². The van der Waals surface area contributed by atoms with Gasteiger partial charge in [0.1, 0.15) is 0 Å². The number of unbranched alkanes of at least 4 members (excludes halogenated alkanes) is 10. The molecule has 0 aromatic heterocycles. The first-order valence-corrected chi connectivity index (χ1v) is 10.1. The highest BCUT2D eigenvalue weighted by Gasteiger charge is 1.96. The van der Waals surface area contributed by atoms with Crippen LogP contribution in [0, 0.1) is 0 Å². The smallest absolute Gasteiger partial charge is 0.0512 e. The second-order valence-corrected chi connectivity index (χ2v) is 6.97. The Bertz CT molecular complexity index is 186. The fourth-order valence-corrected chi connectivity index (χ4v) is 2.52. The first-order valence-electron chi connectivity index (χ1n) is 10.1. The SMILES string of the molecule is CC(O)CCCCCCCCO.CC(O)CCCCCCCCO. The van der Waals surface area contributed by atoms with Crippen LogP contribution in [-0.4, -0.2) is 45.8 Å². The van der Waals surface area contributed by atoms with Crippen molar-refractivity contribution < 1.29 is 20.4 Å². The largest absolute Gasteiger partial charge is 0.396 e. The van der Waals surface area contributed by atoms with Gasteiger partial charge in [-0.15, -0.1) is 0 Å². The van der Waals surface area contributed by atoms with Gasteiger partial charge >= 0.3 is 0 Å². The summed E-state index contributed by atoms with van der Waals surface area (Å²) in [5.41, 5.74) is 0. The zero-order valence-corrected chi connectivity index (χ0v) is 16.3. The van der Waals surface area contributed by atoms with E-state index in [1.807, 2.05) is 13.8 Å². The molecular formula is C20H44O4. The van der Waals surface area contributed by atoms with Crippen LogP contribution in [0.2, 0.25) is 0 Å². The molecule has 0 aromatic carbocycles. The van der Waals surface area contributed by atoms with Gasteiger partial charge in [-0.2, -0.15) is 0 Å². The first-order chi connectivity index (χ1) is 11.5. The fourth-order valence-electron chi connectivity index (χ4n) is 2.52. The van der Waals surface area contributed by atoms with Crippen LogP contribution in [0.4, 0.5) is 0 Å². The van der Waals surface area contributed by atoms with Crippen LogP contribution in [0.3, 0.4) is 0 Å². The highest BCUT2D eigenvalue weighted by Crippen LogP contribution is 2.09. The van der Waals surface area contributed by atoms with E-state index in [0.717, 1.165) is 51.4 Å². The highest BCUT2D eigenvalue weighted by molar-refractivity contribution is 4.50. The minimum atomic E-state index is -0.137. The lowest BCUT2D eigenvalue weighted by molar-refractivity contribution is 0.179. The summed E-state index contributed by atoms with van der Waals surface area (Å²) in [6.45, 7) is 4.33. The van der Waals surface area contributed by atoms with Crippen molar-refractivity contribution in [2.45, 2.75) is 116 Å². The van der Waals surface area contributed by atoms with E-state index >= 15 is 0 Å². The van der Waals surface area contributed by atoms with Gasteiger partial charge in [-0.1, -0.05) is 64.2 Å². The molecule has 0 bridgehead atoms. The Morgan fingerprint density at radius 3 is 0.958 bits per heavy atom. The van der Waals surface area contributed by atoms with Crippen LogP contribution in [0.15, 0.2) is 0 Å². The van der Waals surface area contributed by atoms with E-state index in [0.29, 0.717) is 13.2 Å². The van der Waals surface area contributed by atoms with Gasteiger partial charge in [0.25, 0.3) is 0 Å². The lowest BCUT2D eigenvalue weighted by Gasteiger charge is -2.03. The van der Waals surface area contributed by atoms with Crippen LogP contribution in [0.5, 0.6) is 0 Å². The topological polar surface area (TPSA) is 80.9 Å². The number of hydrogen-bond acceptors (Lipinski definition) is 4. The third-order valence-electron chi connectivity index (χ3n) is 4.06. The van der Waals surface area contributed by atoms with Crippen LogP contribution < -0.4 is 0 Å². The Morgan fingerprint density at radius 1 is 0.458 bits per heavy atom. The van der Waals surface area contributed by atoms with E-state index in [1.165, 1.54) is 38.5 Å². The summed E-state index contributed by atoms with van der Waals surface area (Å²) >= 11 is 0. The second kappa shape index (κ2) is 22.8. The van der Waals surface area contributed by atoms with Gasteiger partial charge in [0, 0.05) is 13.2 Å². The fraction of sp³-hybridized carbons (Fsp3) is 1.00. The van der Waals surface area contributed by atoms with E-state index in [1.54, 1.807) is 0 Å². The molecular weight excluding hydrogens is 304 g/mol. The number of rotatable bonds is 16. The lowest BCUT2D eigenvalue weighted by atomic mass is 10.1. The molecule has 0 radical (unpaired) electrons. The van der Waals surface area contributed by atoms with E-state index in [4.69, 9.17) is 20.4 Å². The standard InChI is InChI=1S/2C10H22O2/c2*1-10(12)8-6-4-2-3-5-7-9-11/h2*10-12H,2-9H2,1H3. The minimum absolute atomic E-state index is 0.137. The summed E-state index contributed by atoms with van der Waals surface area (Å²) in [6.07, 6.45) is 15.4. The normalized spacial score (nSPS) is 13.2. The Kier molecular flexibility index (Phi) is 24.8. The monoisotopic (exact) mass is 348 g/mol. The van der Waals surface area contributed by atoms with Crippen LogP contribution in [-0.2, 0) is 0 Å². The molecule has 4 heteroatoms. The molecule has 0 fully saturated rings. The Labute approximate surface area is 150 Å². The predicted octanol–water partition coefficient (Wildman–Crippen LogP) is 4.18. The summed E-state index contributed by atoms with van der Waals surface area (Å²) in [4.78, 5) is 0. The molecule has 0 heterocycles. The molecule has 0 saturated carbocycles. The van der Waals surface area contributed by atoms with Crippen molar-refractivity contribution in [2.24, 2.45) is 0 Å². The molecule has 0 amide bonds. The second-order valence-electron chi connectivity index (χ2n) is 6.97. The molecule has 24 heavy (non-hydrogen) atoms. The maximum atomic E-state index is 8.96. The van der Waals surface area contributed by atoms with E-state index < -0.39 is 0 Å². The molecule has 148 valence electrons. The van der Waals surface area contributed by atoms with Crippen molar-refractivity contribution in [3.05, 3.63) is 0 Å². The van der Waals surface area contributed by atoms with Gasteiger partial charge in [0.15, 0.2) is 0 Å². The average Bonchev–Trinajstić information content (AvgIpc) is 2.53. The van der Waals surface area contributed by atoms with Crippen LogP contribution in [0.1, 0.15) is 104 Å². The molecule has 0 aliphatic rings. The molecule has 2 unspecified atom stereocenters. The van der Waals surface area contributed by atoms with E-state index in [-0.39, 0.29) is 12.2 Å². The third kappa shape index (κ3) is 29.8. The van der Waals surface area contributed by atoms with Gasteiger partial charge in [-0.25, -0.2) is 0 Å². The van der Waals surface area contributed by atoms with Crippen molar-refractivity contribution in [3.63, 3.8) is 0 Å². The van der Waals surface area contributed by atoms with E-state index in [9.17, 15) is 0 Å². The molecule has 4 N–H and O–H groups in total. The van der Waals surface area contributed by atoms with Gasteiger partial charge < -0.3 is 20.4 Å². The van der Waals surface area contributed by atoms with Crippen molar-refractivity contribution >= 4 is 0 Å². The van der Waals surface area contributed by atoms with E-state index in [2.05, 4.69) is 0 Å². The molecule has 0 saturated heterocycles. The molecule has 4 nitrogen and oxygen atoms in total. The summed E-state index contributed by atoms with van der Waals surface area (Å²) in [7, 11) is 0. The molecule has 0 spiro atoms. The highest BCUT2D eigenvalue weighted by atomic mass is 16.3. The minimum Gasteiger partial charge on any atom is -0.396 e. The summed E-state index contributed by atoms with van der Waals surface area (Å²) in [6, 6.07) is 0. The van der Waals surface area contributed by atoms with Gasteiger partial charge in [0.05, 0.1) is 12.2 Å². The number of hydrogen-bond donors (Lipinski definition) is 4. The maximum absolute atomic E-state index is 8.96. The first kappa shape index (κ1) is 26.1. The Hall–Kier alpha value is -0.160. The molecule has 0 rings (SSSR count). The Balaban J connectivity index is 0. The third-order valence-corrected chi connectivity index (χ3v) is 4.06. The van der Waals surface area contributed by atoms with Gasteiger partial charge in [-0.3, -0.25) is 0 Å². The van der Waals surface area contributed by atoms with Crippen molar-refractivity contribution in [1.82, 2.24) is 0 Å². The van der Waals surface area contributed by atoms with Gasteiger partial charge in [0.2, 0.25) is 0 Å². The molecule has 0 aromatic rings. The lowest BCUT2D eigenvalue weighted by Crippen LogP contribution is -1.98. The van der Waals surface area contributed by atoms with Crippen molar-refractivity contribution in [3.8, 4) is 0 Å². The average molecular weight is 349 g/mol. The molecule has 2 atom stereocenters. The predicted molar refractivity (Wildman–Crippen MR) is 102 cm³/mol. The zero-order valence-electron chi connectivity index (χ0n) is 16.3. The number of aliphatic hydroxyl groups is 4. The zero-order chi connectivity index (χ0) is 18.5. The maximum Gasteiger partial charge on any atom is 0.0512 e. The molecule has 0 aliphatic carbocycles. The van der Waals surface area contributed by atoms with Crippen molar-refractivity contribution in [2.75, 3.05) is 13.2 Å². The summed E-state index contributed by atoms with van der Waals surface area (Å²) < 4.78 is 0. The van der Waals surface area contributed by atoms with Crippen LogP contribution >= 0.6 is 0 Å². The number of aliphatic hydroxyl groups excluding tert-OH is 4. The Morgan fingerprint density at radius 2 is 0.708 bits per heavy atom. The van der Waals surface area contributed by atoms with Crippen molar-refractivity contribution in [1.29, 1.82) is 0 Å². The molecule has 0 aliphatic heterocycles. The van der Waals surface area contributed by atoms with Gasteiger partial charge in [-0.05, 0) is 39.5 Å². The quantitative estimate of drug-likeness (QED) is 0.315. The summed E-state index contributed by atoms with van der Waals surface area (Å²) in [5.74, 6) is 0.